The number of piperidine rings is 1. The minimum atomic E-state index is -3.45. The summed E-state index contributed by atoms with van der Waals surface area (Å²) in [6.07, 6.45) is 9.52. The van der Waals surface area contributed by atoms with Crippen LogP contribution in [0, 0.1) is 10.8 Å². The molecule has 2 heterocycles. The van der Waals surface area contributed by atoms with Crippen LogP contribution < -0.4 is 15.5 Å². The zero-order valence-corrected chi connectivity index (χ0v) is 22.9. The molecule has 2 aromatic rings. The molecule has 1 amide bonds. The Balaban J connectivity index is 1.23. The highest BCUT2D eigenvalue weighted by atomic mass is 32.2. The Kier molecular flexibility index (Phi) is 6.22. The van der Waals surface area contributed by atoms with Gasteiger partial charge in [0, 0.05) is 18.8 Å². The first-order valence-corrected chi connectivity index (χ1v) is 15.6. The van der Waals surface area contributed by atoms with Crippen LogP contribution >= 0.6 is 0 Å². The van der Waals surface area contributed by atoms with Crippen molar-refractivity contribution >= 4 is 33.1 Å². The number of amides is 1. The average Bonchev–Trinajstić information content (AvgIpc) is 3.82. The number of hydrogen-bond acceptors (Lipinski definition) is 7. The summed E-state index contributed by atoms with van der Waals surface area (Å²) in [5, 5.41) is 16.1. The van der Waals surface area contributed by atoms with E-state index >= 15 is 0 Å². The standard InChI is InChI=1S/C29H38N4O4S/c1-27(8-3-9-27)20-38(36,37)22-5-2-4-21(18-22)30-26(35)23-6-7-24(32-29(19-34)12-13-29)31-25(23)33-16-14-28(10-11-28)15-17-33/h2,4-7,18,34H,3,8-17,19-20H2,1H3,(H,30,35)(H,31,32). The van der Waals surface area contributed by atoms with Gasteiger partial charge in [0.25, 0.3) is 5.91 Å². The number of carbonyl (C=O) groups is 1. The van der Waals surface area contributed by atoms with E-state index < -0.39 is 9.84 Å². The summed E-state index contributed by atoms with van der Waals surface area (Å²) < 4.78 is 26.2. The van der Waals surface area contributed by atoms with E-state index in [2.05, 4.69) is 15.5 Å². The number of sulfone groups is 1. The number of benzene rings is 1. The molecular formula is C29H38N4O4S. The summed E-state index contributed by atoms with van der Waals surface area (Å²) in [5.41, 5.74) is 0.946. The molecular weight excluding hydrogens is 500 g/mol. The first-order valence-electron chi connectivity index (χ1n) is 13.9. The monoisotopic (exact) mass is 538 g/mol. The fraction of sp³-hybridized carbons (Fsp3) is 0.586. The SMILES string of the molecule is CC1(CS(=O)(=O)c2cccc(NC(=O)c3ccc(NC4(CO)CC4)nc3N3CCC4(CC3)CC4)c2)CCC1. The van der Waals surface area contributed by atoms with Crippen LogP contribution in [0.25, 0.3) is 0 Å². The highest BCUT2D eigenvalue weighted by molar-refractivity contribution is 7.91. The minimum Gasteiger partial charge on any atom is -0.394 e. The van der Waals surface area contributed by atoms with Crippen molar-refractivity contribution in [3.63, 3.8) is 0 Å². The number of aromatic nitrogens is 1. The summed E-state index contributed by atoms with van der Waals surface area (Å²) in [7, 11) is -3.45. The maximum absolute atomic E-state index is 13.5. The van der Waals surface area contributed by atoms with Gasteiger partial charge in [0.05, 0.1) is 28.4 Å². The fourth-order valence-corrected chi connectivity index (χ4v) is 7.95. The van der Waals surface area contributed by atoms with E-state index in [0.717, 1.165) is 58.0 Å². The van der Waals surface area contributed by atoms with Crippen LogP contribution in [0.2, 0.25) is 0 Å². The second-order valence-electron chi connectivity index (χ2n) is 12.5. The second kappa shape index (κ2) is 9.23. The zero-order chi connectivity index (χ0) is 26.6. The Morgan fingerprint density at radius 3 is 2.37 bits per heavy atom. The van der Waals surface area contributed by atoms with Crippen LogP contribution in [0.4, 0.5) is 17.3 Å². The van der Waals surface area contributed by atoms with Gasteiger partial charge in [-0.15, -0.1) is 0 Å². The van der Waals surface area contributed by atoms with Crippen molar-refractivity contribution in [2.45, 2.75) is 75.1 Å². The van der Waals surface area contributed by atoms with Crippen molar-refractivity contribution < 1.29 is 18.3 Å². The third kappa shape index (κ3) is 5.15. The highest BCUT2D eigenvalue weighted by Gasteiger charge is 2.45. The number of anilines is 3. The van der Waals surface area contributed by atoms with E-state index in [4.69, 9.17) is 4.98 Å². The fourth-order valence-electron chi connectivity index (χ4n) is 5.98. The molecule has 3 N–H and O–H groups in total. The predicted octanol–water partition coefficient (Wildman–Crippen LogP) is 4.62. The van der Waals surface area contributed by atoms with Gasteiger partial charge >= 0.3 is 0 Å². The third-order valence-corrected chi connectivity index (χ3v) is 11.3. The molecule has 38 heavy (non-hydrogen) atoms. The van der Waals surface area contributed by atoms with E-state index in [1.807, 2.05) is 6.92 Å². The molecule has 3 aliphatic carbocycles. The molecule has 6 rings (SSSR count). The molecule has 0 unspecified atom stereocenters. The largest absolute Gasteiger partial charge is 0.394 e. The highest BCUT2D eigenvalue weighted by Crippen LogP contribution is 2.54. The summed E-state index contributed by atoms with van der Waals surface area (Å²) in [6.45, 7) is 3.80. The van der Waals surface area contributed by atoms with E-state index in [1.54, 1.807) is 36.4 Å². The van der Waals surface area contributed by atoms with E-state index in [-0.39, 0.29) is 34.1 Å². The van der Waals surface area contributed by atoms with Gasteiger partial charge in [-0.05, 0) is 92.5 Å². The van der Waals surface area contributed by atoms with Crippen molar-refractivity contribution in [2.24, 2.45) is 10.8 Å². The number of nitrogens with zero attached hydrogens (tertiary/aromatic N) is 2. The Morgan fingerprint density at radius 1 is 1.03 bits per heavy atom. The van der Waals surface area contributed by atoms with E-state index in [1.165, 1.54) is 12.8 Å². The Hall–Kier alpha value is -2.65. The first-order chi connectivity index (χ1) is 18.1. The minimum absolute atomic E-state index is 0.0525. The van der Waals surface area contributed by atoms with Crippen LogP contribution in [-0.4, -0.2) is 55.4 Å². The number of nitrogens with one attached hydrogen (secondary N) is 2. The van der Waals surface area contributed by atoms with Gasteiger partial charge in [-0.3, -0.25) is 4.79 Å². The Labute approximate surface area is 225 Å². The number of aliphatic hydroxyl groups excluding tert-OH is 1. The zero-order valence-electron chi connectivity index (χ0n) is 22.1. The molecule has 204 valence electrons. The molecule has 1 aliphatic heterocycles. The van der Waals surface area contributed by atoms with Crippen LogP contribution in [0.5, 0.6) is 0 Å². The molecule has 4 fully saturated rings. The summed E-state index contributed by atoms with van der Waals surface area (Å²) in [4.78, 5) is 20.8. The molecule has 1 aromatic heterocycles. The number of aliphatic hydroxyl groups is 1. The average molecular weight is 539 g/mol. The Morgan fingerprint density at radius 2 is 1.76 bits per heavy atom. The van der Waals surface area contributed by atoms with Crippen LogP contribution in [-0.2, 0) is 9.84 Å². The smallest absolute Gasteiger partial charge is 0.259 e. The van der Waals surface area contributed by atoms with Gasteiger partial charge in [-0.2, -0.15) is 0 Å². The molecule has 1 aromatic carbocycles. The number of hydrogen-bond donors (Lipinski definition) is 3. The molecule has 0 bridgehead atoms. The summed E-state index contributed by atoms with van der Waals surface area (Å²) in [6, 6.07) is 10.2. The Bertz CT molecular complexity index is 1340. The van der Waals surface area contributed by atoms with E-state index in [9.17, 15) is 18.3 Å². The molecule has 1 saturated heterocycles. The lowest BCUT2D eigenvalue weighted by molar-refractivity contribution is 0.102. The van der Waals surface area contributed by atoms with Crippen molar-refractivity contribution in [3.05, 3.63) is 42.0 Å². The van der Waals surface area contributed by atoms with E-state index in [0.29, 0.717) is 28.3 Å². The molecule has 4 aliphatic rings. The molecule has 9 heteroatoms. The van der Waals surface area contributed by atoms with Crippen molar-refractivity contribution in [1.82, 2.24) is 4.98 Å². The lowest BCUT2D eigenvalue weighted by atomic mass is 9.72. The molecule has 0 atom stereocenters. The lowest BCUT2D eigenvalue weighted by Gasteiger charge is -2.37. The molecule has 3 saturated carbocycles. The topological polar surface area (TPSA) is 112 Å². The van der Waals surface area contributed by atoms with Gasteiger partial charge in [-0.1, -0.05) is 19.4 Å². The summed E-state index contributed by atoms with van der Waals surface area (Å²) in [5.74, 6) is 1.12. The van der Waals surface area contributed by atoms with Crippen LogP contribution in [0.1, 0.15) is 75.1 Å². The van der Waals surface area contributed by atoms with Gasteiger partial charge in [-0.25, -0.2) is 13.4 Å². The lowest BCUT2D eigenvalue weighted by Crippen LogP contribution is -2.36. The first kappa shape index (κ1) is 25.6. The van der Waals surface area contributed by atoms with Crippen molar-refractivity contribution in [1.29, 1.82) is 0 Å². The molecule has 8 nitrogen and oxygen atoms in total. The van der Waals surface area contributed by atoms with Gasteiger partial charge in [0.15, 0.2) is 9.84 Å². The van der Waals surface area contributed by atoms with Gasteiger partial charge in [0.2, 0.25) is 0 Å². The second-order valence-corrected chi connectivity index (χ2v) is 14.5. The van der Waals surface area contributed by atoms with Crippen molar-refractivity contribution in [2.75, 3.05) is 41.0 Å². The van der Waals surface area contributed by atoms with Gasteiger partial charge < -0.3 is 20.6 Å². The maximum atomic E-state index is 13.5. The summed E-state index contributed by atoms with van der Waals surface area (Å²) >= 11 is 0. The quantitative estimate of drug-likeness (QED) is 0.427. The van der Waals surface area contributed by atoms with Crippen LogP contribution in [0.3, 0.4) is 0 Å². The molecule has 0 radical (unpaired) electrons. The normalized spacial score (nSPS) is 22.4. The maximum Gasteiger partial charge on any atom is 0.259 e. The van der Waals surface area contributed by atoms with Gasteiger partial charge in [0.1, 0.15) is 11.6 Å². The predicted molar refractivity (Wildman–Crippen MR) is 148 cm³/mol. The number of carbonyl (C=O) groups excluding carboxylic acids is 1. The van der Waals surface area contributed by atoms with Crippen LogP contribution in [0.15, 0.2) is 41.3 Å². The number of pyridine rings is 1. The van der Waals surface area contributed by atoms with Crippen molar-refractivity contribution in [3.8, 4) is 0 Å². The number of rotatable bonds is 9. The molecule has 1 spiro atoms. The third-order valence-electron chi connectivity index (χ3n) is 9.30.